The van der Waals surface area contributed by atoms with Crippen LogP contribution in [0.2, 0.25) is 0 Å². The quantitative estimate of drug-likeness (QED) is 0.854. The highest BCUT2D eigenvalue weighted by Crippen LogP contribution is 2.32. The molecule has 1 atom stereocenters. The zero-order chi connectivity index (χ0) is 17.4. The lowest BCUT2D eigenvalue weighted by atomic mass is 10.0. The summed E-state index contributed by atoms with van der Waals surface area (Å²) in [7, 11) is 0. The molecule has 1 aliphatic carbocycles. The first-order valence-electron chi connectivity index (χ1n) is 9.35. The van der Waals surface area contributed by atoms with Crippen LogP contribution >= 0.6 is 0 Å². The Bertz CT molecular complexity index is 781. The van der Waals surface area contributed by atoms with E-state index in [0.717, 1.165) is 31.4 Å². The number of aromatic nitrogens is 2. The molecule has 5 heteroatoms. The molecular weight excluding hydrogens is 314 g/mol. The fraction of sp³-hybridized carbons (Fsp3) is 0.550. The van der Waals surface area contributed by atoms with Crippen molar-refractivity contribution in [1.82, 2.24) is 15.0 Å². The second-order valence-electron chi connectivity index (χ2n) is 7.52. The van der Waals surface area contributed by atoms with E-state index in [2.05, 4.69) is 28.3 Å². The number of hydrogen-bond donors (Lipinski definition) is 0. The van der Waals surface area contributed by atoms with Crippen LogP contribution in [0, 0.1) is 0 Å². The van der Waals surface area contributed by atoms with Crippen molar-refractivity contribution in [3.05, 3.63) is 46.6 Å². The molecule has 1 fully saturated rings. The zero-order valence-electron chi connectivity index (χ0n) is 15.0. The Labute approximate surface area is 148 Å². The van der Waals surface area contributed by atoms with Crippen molar-refractivity contribution in [3.8, 4) is 0 Å². The van der Waals surface area contributed by atoms with E-state index in [-0.39, 0.29) is 17.9 Å². The topological polar surface area (TPSA) is 59.2 Å². The lowest BCUT2D eigenvalue weighted by Crippen LogP contribution is -2.32. The summed E-state index contributed by atoms with van der Waals surface area (Å²) < 4.78 is 5.34. The maximum absolute atomic E-state index is 12.9. The normalized spacial score (nSPS) is 19.6. The van der Waals surface area contributed by atoms with Gasteiger partial charge in [-0.2, -0.15) is 4.98 Å². The van der Waals surface area contributed by atoms with Gasteiger partial charge in [-0.25, -0.2) is 0 Å². The number of nitrogens with zero attached hydrogens (tertiary/aromatic N) is 3. The first-order valence-corrected chi connectivity index (χ1v) is 9.35. The summed E-state index contributed by atoms with van der Waals surface area (Å²) in [4.78, 5) is 19.3. The smallest absolute Gasteiger partial charge is 0.229 e. The summed E-state index contributed by atoms with van der Waals surface area (Å²) in [5, 5.41) is 4.13. The molecule has 2 heterocycles. The van der Waals surface area contributed by atoms with Crippen molar-refractivity contribution in [2.75, 3.05) is 6.54 Å². The fourth-order valence-corrected chi connectivity index (χ4v) is 3.96. The Balaban J connectivity index is 1.48. The molecule has 1 saturated heterocycles. The van der Waals surface area contributed by atoms with Gasteiger partial charge in [-0.15, -0.1) is 0 Å². The van der Waals surface area contributed by atoms with Crippen LogP contribution in [-0.4, -0.2) is 27.5 Å². The van der Waals surface area contributed by atoms with Crippen LogP contribution in [0.1, 0.15) is 73.5 Å². The van der Waals surface area contributed by atoms with Gasteiger partial charge in [0, 0.05) is 12.5 Å². The largest absolute Gasteiger partial charge is 0.339 e. The third-order valence-corrected chi connectivity index (χ3v) is 5.34. The van der Waals surface area contributed by atoms with Crippen molar-refractivity contribution in [1.29, 1.82) is 0 Å². The molecule has 5 nitrogen and oxygen atoms in total. The summed E-state index contributed by atoms with van der Waals surface area (Å²) in [5.41, 5.74) is 3.98. The molecule has 2 aromatic rings. The van der Waals surface area contributed by atoms with Crippen LogP contribution in [-0.2, 0) is 24.1 Å². The minimum absolute atomic E-state index is 0.0434. The van der Waals surface area contributed by atoms with Crippen molar-refractivity contribution in [3.63, 3.8) is 0 Å². The summed E-state index contributed by atoms with van der Waals surface area (Å²) in [6, 6.07) is 6.48. The number of aryl methyl sites for hydroxylation is 2. The molecular formula is C20H25N3O2. The Morgan fingerprint density at radius 1 is 1.28 bits per heavy atom. The van der Waals surface area contributed by atoms with Crippen LogP contribution in [0.5, 0.6) is 0 Å². The number of carbonyl (C=O) groups is 1. The van der Waals surface area contributed by atoms with Gasteiger partial charge in [0.2, 0.25) is 11.8 Å². The molecule has 0 N–H and O–H groups in total. The second-order valence-corrected chi connectivity index (χ2v) is 7.52. The van der Waals surface area contributed by atoms with E-state index in [4.69, 9.17) is 4.52 Å². The van der Waals surface area contributed by atoms with Crippen LogP contribution < -0.4 is 0 Å². The van der Waals surface area contributed by atoms with Crippen molar-refractivity contribution >= 4 is 5.91 Å². The maximum atomic E-state index is 12.9. The first kappa shape index (κ1) is 16.3. The number of likely N-dealkylation sites (tertiary alicyclic amines) is 1. The first-order chi connectivity index (χ1) is 12.1. The molecule has 0 spiro atoms. The molecule has 25 heavy (non-hydrogen) atoms. The molecule has 2 aliphatic rings. The third kappa shape index (κ3) is 3.20. The van der Waals surface area contributed by atoms with E-state index in [1.165, 1.54) is 24.0 Å². The molecule has 4 rings (SSSR count). The minimum atomic E-state index is -0.0434. The van der Waals surface area contributed by atoms with Crippen LogP contribution in [0.4, 0.5) is 0 Å². The summed E-state index contributed by atoms with van der Waals surface area (Å²) in [5.74, 6) is 1.67. The highest BCUT2D eigenvalue weighted by Gasteiger charge is 2.33. The van der Waals surface area contributed by atoms with Gasteiger partial charge in [0.1, 0.15) is 0 Å². The Morgan fingerprint density at radius 2 is 2.12 bits per heavy atom. The Kier molecular flexibility index (Phi) is 4.32. The zero-order valence-corrected chi connectivity index (χ0v) is 15.0. The fourth-order valence-electron chi connectivity index (χ4n) is 3.96. The number of carbonyl (C=O) groups excluding carboxylic acids is 1. The average Bonchev–Trinajstić information content (AvgIpc) is 3.33. The van der Waals surface area contributed by atoms with Gasteiger partial charge in [-0.05, 0) is 48.8 Å². The summed E-state index contributed by atoms with van der Waals surface area (Å²) in [6.07, 6.45) is 5.91. The van der Waals surface area contributed by atoms with Crippen molar-refractivity contribution < 1.29 is 9.32 Å². The van der Waals surface area contributed by atoms with E-state index in [1.807, 2.05) is 18.7 Å². The number of rotatable bonds is 4. The Morgan fingerprint density at radius 3 is 2.92 bits per heavy atom. The van der Waals surface area contributed by atoms with Gasteiger partial charge >= 0.3 is 0 Å². The molecule has 0 unspecified atom stereocenters. The van der Waals surface area contributed by atoms with Gasteiger partial charge in [-0.1, -0.05) is 37.2 Å². The van der Waals surface area contributed by atoms with Crippen LogP contribution in [0.25, 0.3) is 0 Å². The Hall–Kier alpha value is -2.17. The third-order valence-electron chi connectivity index (χ3n) is 5.34. The number of hydrogen-bond acceptors (Lipinski definition) is 4. The van der Waals surface area contributed by atoms with Crippen LogP contribution in [0.15, 0.2) is 22.7 Å². The molecule has 0 saturated carbocycles. The monoisotopic (exact) mass is 339 g/mol. The van der Waals surface area contributed by atoms with Crippen molar-refractivity contribution in [2.24, 2.45) is 0 Å². The van der Waals surface area contributed by atoms with E-state index in [1.54, 1.807) is 0 Å². The van der Waals surface area contributed by atoms with Crippen molar-refractivity contribution in [2.45, 2.75) is 64.3 Å². The highest BCUT2D eigenvalue weighted by molar-refractivity contribution is 5.79. The highest BCUT2D eigenvalue weighted by atomic mass is 16.5. The van der Waals surface area contributed by atoms with E-state index >= 15 is 0 Å². The lowest BCUT2D eigenvalue weighted by molar-refractivity contribution is -0.131. The number of fused-ring (bicyclic) bond motifs is 1. The van der Waals surface area contributed by atoms with E-state index < -0.39 is 0 Å². The SMILES string of the molecule is CC(C)c1nc([C@H]2CCCN2C(=O)Cc2ccc3c(c2)CCC3)no1. The molecule has 0 radical (unpaired) electrons. The van der Waals surface area contributed by atoms with Gasteiger partial charge < -0.3 is 9.42 Å². The molecule has 132 valence electrons. The van der Waals surface area contributed by atoms with Gasteiger partial charge in [-0.3, -0.25) is 4.79 Å². The molecule has 1 aliphatic heterocycles. The van der Waals surface area contributed by atoms with E-state index in [0.29, 0.717) is 18.1 Å². The molecule has 1 aromatic carbocycles. The second kappa shape index (κ2) is 6.62. The number of benzene rings is 1. The van der Waals surface area contributed by atoms with Gasteiger partial charge in [0.05, 0.1) is 12.5 Å². The summed E-state index contributed by atoms with van der Waals surface area (Å²) in [6.45, 7) is 4.84. The minimum Gasteiger partial charge on any atom is -0.339 e. The average molecular weight is 339 g/mol. The summed E-state index contributed by atoms with van der Waals surface area (Å²) >= 11 is 0. The van der Waals surface area contributed by atoms with E-state index in [9.17, 15) is 4.79 Å². The lowest BCUT2D eigenvalue weighted by Gasteiger charge is -2.22. The van der Waals surface area contributed by atoms with Gasteiger partial charge in [0.15, 0.2) is 5.82 Å². The standard InChI is InChI=1S/C20H25N3O2/c1-13(2)20-21-19(22-25-20)17-7-4-10-23(17)18(24)12-14-8-9-15-5-3-6-16(15)11-14/h8-9,11,13,17H,3-7,10,12H2,1-2H3/t17-/m1/s1. The molecule has 0 bridgehead atoms. The molecule has 1 amide bonds. The van der Waals surface area contributed by atoms with Gasteiger partial charge in [0.25, 0.3) is 0 Å². The molecule has 1 aromatic heterocycles. The predicted octanol–water partition coefficient (Wildman–Crippen LogP) is 3.59. The number of amides is 1. The predicted molar refractivity (Wildman–Crippen MR) is 94.2 cm³/mol. The maximum Gasteiger partial charge on any atom is 0.229 e. The van der Waals surface area contributed by atoms with Crippen LogP contribution in [0.3, 0.4) is 0 Å².